The number of ether oxygens (including phenoxy) is 1. The monoisotopic (exact) mass is 333 g/mol. The first-order valence-corrected chi connectivity index (χ1v) is 8.90. The largest absolute Gasteiger partial charge is 0.393 e. The number of anilines is 1. The van der Waals surface area contributed by atoms with E-state index in [0.29, 0.717) is 32.0 Å². The van der Waals surface area contributed by atoms with Gasteiger partial charge in [0, 0.05) is 6.26 Å². The molecule has 21 heavy (non-hydrogen) atoms. The summed E-state index contributed by atoms with van der Waals surface area (Å²) < 4.78 is 29.0. The van der Waals surface area contributed by atoms with Crippen LogP contribution in [0.2, 0.25) is 5.02 Å². The SMILES string of the molecule is CS(=O)(=O)c1nc(N2C3COCC2CC(O)C3)ncc1Cl. The Balaban J connectivity index is 2.01. The molecule has 0 spiro atoms. The lowest BCUT2D eigenvalue weighted by atomic mass is 9.92. The van der Waals surface area contributed by atoms with Gasteiger partial charge in [-0.1, -0.05) is 11.6 Å². The van der Waals surface area contributed by atoms with Crippen molar-refractivity contribution in [3.8, 4) is 0 Å². The number of piperidine rings is 1. The van der Waals surface area contributed by atoms with E-state index < -0.39 is 9.84 Å². The zero-order chi connectivity index (χ0) is 15.2. The fourth-order valence-electron chi connectivity index (χ4n) is 2.94. The van der Waals surface area contributed by atoms with Crippen LogP contribution < -0.4 is 4.90 Å². The van der Waals surface area contributed by atoms with Gasteiger partial charge < -0.3 is 14.7 Å². The van der Waals surface area contributed by atoms with Crippen molar-refractivity contribution < 1.29 is 18.3 Å². The van der Waals surface area contributed by atoms with Gasteiger partial charge in [0.1, 0.15) is 0 Å². The van der Waals surface area contributed by atoms with E-state index in [4.69, 9.17) is 16.3 Å². The fraction of sp³-hybridized carbons (Fsp3) is 0.667. The lowest BCUT2D eigenvalue weighted by Crippen LogP contribution is -2.59. The Bertz CT molecular complexity index is 640. The predicted octanol–water partition coefficient (Wildman–Crippen LogP) is 0.262. The third kappa shape index (κ3) is 2.85. The molecule has 3 rings (SSSR count). The molecule has 3 heterocycles. The maximum atomic E-state index is 11.7. The molecule has 0 amide bonds. The van der Waals surface area contributed by atoms with Gasteiger partial charge in [0.15, 0.2) is 14.9 Å². The van der Waals surface area contributed by atoms with Crippen molar-refractivity contribution in [1.29, 1.82) is 0 Å². The van der Waals surface area contributed by atoms with Crippen molar-refractivity contribution in [2.75, 3.05) is 24.4 Å². The summed E-state index contributed by atoms with van der Waals surface area (Å²) in [6, 6.07) is -0.109. The molecule has 0 aliphatic carbocycles. The van der Waals surface area contributed by atoms with Crippen molar-refractivity contribution in [1.82, 2.24) is 9.97 Å². The number of aliphatic hydroxyl groups is 1. The van der Waals surface area contributed by atoms with Gasteiger partial charge >= 0.3 is 0 Å². The van der Waals surface area contributed by atoms with Gasteiger partial charge in [0.05, 0.1) is 42.6 Å². The maximum Gasteiger partial charge on any atom is 0.227 e. The van der Waals surface area contributed by atoms with E-state index in [1.807, 2.05) is 4.90 Å². The standard InChI is InChI=1S/C12H16ClN3O4S/c1-21(18,19)11-10(13)4-14-12(15-11)16-7-2-9(17)3-8(16)6-20-5-7/h4,7-9,17H,2-3,5-6H2,1H3. The highest BCUT2D eigenvalue weighted by molar-refractivity contribution is 7.90. The van der Waals surface area contributed by atoms with Crippen LogP contribution in [0.4, 0.5) is 5.95 Å². The molecule has 1 N–H and O–H groups in total. The minimum Gasteiger partial charge on any atom is -0.393 e. The van der Waals surface area contributed by atoms with Gasteiger partial charge in [0.2, 0.25) is 5.95 Å². The number of morpholine rings is 1. The molecule has 0 saturated carbocycles. The Morgan fingerprint density at radius 2 is 2.00 bits per heavy atom. The average molecular weight is 334 g/mol. The highest BCUT2D eigenvalue weighted by Gasteiger charge is 2.40. The summed E-state index contributed by atoms with van der Waals surface area (Å²) in [5.41, 5.74) is 0. The summed E-state index contributed by atoms with van der Waals surface area (Å²) in [7, 11) is -3.52. The van der Waals surface area contributed by atoms with Gasteiger partial charge in [-0.15, -0.1) is 0 Å². The Morgan fingerprint density at radius 3 is 2.57 bits per heavy atom. The van der Waals surface area contributed by atoms with Crippen molar-refractivity contribution >= 4 is 27.4 Å². The second-order valence-corrected chi connectivity index (χ2v) is 7.81. The van der Waals surface area contributed by atoms with Crippen LogP contribution in [0.3, 0.4) is 0 Å². The number of fused-ring (bicyclic) bond motifs is 2. The first-order chi connectivity index (χ1) is 9.86. The van der Waals surface area contributed by atoms with E-state index in [9.17, 15) is 13.5 Å². The van der Waals surface area contributed by atoms with Crippen LogP contribution in [-0.4, -0.2) is 61.1 Å². The summed E-state index contributed by atoms with van der Waals surface area (Å²) in [6.07, 6.45) is 3.10. The highest BCUT2D eigenvalue weighted by Crippen LogP contribution is 2.32. The van der Waals surface area contributed by atoms with Gasteiger partial charge in [-0.3, -0.25) is 0 Å². The van der Waals surface area contributed by atoms with E-state index in [1.54, 1.807) is 0 Å². The summed E-state index contributed by atoms with van der Waals surface area (Å²) >= 11 is 5.88. The lowest BCUT2D eigenvalue weighted by Gasteiger charge is -2.47. The van der Waals surface area contributed by atoms with Gasteiger partial charge in [-0.25, -0.2) is 13.4 Å². The normalized spacial score (nSPS) is 29.5. The van der Waals surface area contributed by atoms with Crippen molar-refractivity contribution in [2.24, 2.45) is 0 Å². The van der Waals surface area contributed by atoms with E-state index in [1.165, 1.54) is 6.20 Å². The van der Waals surface area contributed by atoms with E-state index in [-0.39, 0.29) is 28.2 Å². The van der Waals surface area contributed by atoms with Crippen LogP contribution in [-0.2, 0) is 14.6 Å². The zero-order valence-electron chi connectivity index (χ0n) is 11.4. The molecule has 2 aliphatic rings. The quantitative estimate of drug-likeness (QED) is 0.776. The van der Waals surface area contributed by atoms with Gasteiger partial charge in [-0.05, 0) is 12.8 Å². The van der Waals surface area contributed by atoms with Crippen LogP contribution >= 0.6 is 11.6 Å². The molecule has 2 aliphatic heterocycles. The summed E-state index contributed by atoms with van der Waals surface area (Å²) in [4.78, 5) is 10.2. The third-order valence-corrected chi connectivity index (χ3v) is 5.18. The number of sulfone groups is 1. The highest BCUT2D eigenvalue weighted by atomic mass is 35.5. The number of hydrogen-bond donors (Lipinski definition) is 1. The molecule has 2 fully saturated rings. The molecule has 1 aromatic heterocycles. The van der Waals surface area contributed by atoms with Crippen LogP contribution in [0.1, 0.15) is 12.8 Å². The molecule has 2 unspecified atom stereocenters. The Kier molecular flexibility index (Phi) is 3.81. The Labute approximate surface area is 127 Å². The van der Waals surface area contributed by atoms with Crippen LogP contribution in [0.5, 0.6) is 0 Å². The number of halogens is 1. The smallest absolute Gasteiger partial charge is 0.227 e. The molecule has 7 nitrogen and oxygen atoms in total. The van der Waals surface area contributed by atoms with E-state index in [0.717, 1.165) is 6.26 Å². The number of hydrogen-bond acceptors (Lipinski definition) is 7. The number of rotatable bonds is 2. The third-order valence-electron chi connectivity index (χ3n) is 3.78. The minimum absolute atomic E-state index is 0.0136. The molecular weight excluding hydrogens is 318 g/mol. The summed E-state index contributed by atoms with van der Waals surface area (Å²) in [5, 5.41) is 9.71. The van der Waals surface area contributed by atoms with Crippen molar-refractivity contribution in [3.63, 3.8) is 0 Å². The average Bonchev–Trinajstić information content (AvgIpc) is 2.37. The Morgan fingerprint density at radius 1 is 1.38 bits per heavy atom. The molecule has 0 aromatic carbocycles. The summed E-state index contributed by atoms with van der Waals surface area (Å²) in [6.45, 7) is 0.932. The number of aromatic nitrogens is 2. The molecular formula is C12H16ClN3O4S. The minimum atomic E-state index is -3.52. The van der Waals surface area contributed by atoms with Crippen LogP contribution in [0, 0.1) is 0 Å². The number of nitrogens with zero attached hydrogens (tertiary/aromatic N) is 3. The molecule has 2 atom stereocenters. The molecule has 1 aromatic rings. The van der Waals surface area contributed by atoms with E-state index in [2.05, 4.69) is 9.97 Å². The lowest BCUT2D eigenvalue weighted by molar-refractivity contribution is 0.000272. The van der Waals surface area contributed by atoms with Crippen molar-refractivity contribution in [3.05, 3.63) is 11.2 Å². The molecule has 0 radical (unpaired) electrons. The zero-order valence-corrected chi connectivity index (χ0v) is 13.0. The second kappa shape index (κ2) is 5.35. The predicted molar refractivity (Wildman–Crippen MR) is 76.3 cm³/mol. The first kappa shape index (κ1) is 15.0. The molecule has 116 valence electrons. The number of aliphatic hydroxyl groups excluding tert-OH is 1. The van der Waals surface area contributed by atoms with Gasteiger partial charge in [0.25, 0.3) is 0 Å². The topological polar surface area (TPSA) is 92.6 Å². The molecule has 9 heteroatoms. The van der Waals surface area contributed by atoms with Crippen LogP contribution in [0.25, 0.3) is 0 Å². The van der Waals surface area contributed by atoms with Crippen LogP contribution in [0.15, 0.2) is 11.2 Å². The van der Waals surface area contributed by atoms with E-state index >= 15 is 0 Å². The summed E-state index contributed by atoms with van der Waals surface area (Å²) in [5.74, 6) is 0.324. The molecule has 2 saturated heterocycles. The maximum absolute atomic E-state index is 11.7. The van der Waals surface area contributed by atoms with Gasteiger partial charge in [-0.2, -0.15) is 4.98 Å². The molecule has 2 bridgehead atoms. The van der Waals surface area contributed by atoms with Crippen molar-refractivity contribution in [2.45, 2.75) is 36.1 Å². The fourth-order valence-corrected chi connectivity index (χ4v) is 4.11. The second-order valence-electron chi connectivity index (χ2n) is 5.47. The first-order valence-electron chi connectivity index (χ1n) is 6.63. The Hall–Kier alpha value is -0.960.